The van der Waals surface area contributed by atoms with Crippen molar-refractivity contribution in [3.8, 4) is 17.0 Å². The van der Waals surface area contributed by atoms with Gasteiger partial charge in [-0.3, -0.25) is 0 Å². The Labute approximate surface area is 119 Å². The van der Waals surface area contributed by atoms with Gasteiger partial charge in [0.05, 0.1) is 19.3 Å². The molecule has 0 saturated heterocycles. The monoisotopic (exact) mass is 271 g/mol. The number of benzene rings is 1. The molecule has 4 nitrogen and oxygen atoms in total. The summed E-state index contributed by atoms with van der Waals surface area (Å²) in [6.07, 6.45) is 7.12. The Morgan fingerprint density at radius 3 is 3.00 bits per heavy atom. The van der Waals surface area contributed by atoms with E-state index in [9.17, 15) is 0 Å². The summed E-state index contributed by atoms with van der Waals surface area (Å²) in [6, 6.07) is 8.47. The molecule has 0 amide bonds. The van der Waals surface area contributed by atoms with Gasteiger partial charge in [0.15, 0.2) is 0 Å². The molecular weight excluding hydrogens is 250 g/mol. The maximum atomic E-state index is 5.26. The van der Waals surface area contributed by atoms with Crippen molar-refractivity contribution in [2.45, 2.75) is 38.6 Å². The first kappa shape index (κ1) is 13.2. The first-order chi connectivity index (χ1) is 9.76. The summed E-state index contributed by atoms with van der Waals surface area (Å²) in [6.45, 7) is 2.33. The summed E-state index contributed by atoms with van der Waals surface area (Å²) < 4.78 is 7.30. The second-order valence-corrected chi connectivity index (χ2v) is 5.74. The van der Waals surface area contributed by atoms with Crippen molar-refractivity contribution in [1.29, 1.82) is 0 Å². The van der Waals surface area contributed by atoms with Gasteiger partial charge in [-0.1, -0.05) is 37.1 Å². The fourth-order valence-electron chi connectivity index (χ4n) is 3.01. The molecule has 106 valence electrons. The lowest BCUT2D eigenvalue weighted by molar-refractivity contribution is 0.263. The number of methoxy groups -OCH3 is 1. The first-order valence-corrected chi connectivity index (χ1v) is 7.32. The van der Waals surface area contributed by atoms with E-state index >= 15 is 0 Å². The minimum Gasteiger partial charge on any atom is -0.497 e. The van der Waals surface area contributed by atoms with Crippen molar-refractivity contribution in [1.82, 2.24) is 15.0 Å². The van der Waals surface area contributed by atoms with Crippen LogP contribution in [0.2, 0.25) is 0 Å². The molecule has 0 bridgehead atoms. The van der Waals surface area contributed by atoms with E-state index in [1.165, 1.54) is 25.7 Å². The van der Waals surface area contributed by atoms with Crippen molar-refractivity contribution >= 4 is 0 Å². The summed E-state index contributed by atoms with van der Waals surface area (Å²) >= 11 is 0. The molecule has 20 heavy (non-hydrogen) atoms. The number of rotatable bonds is 3. The van der Waals surface area contributed by atoms with Gasteiger partial charge < -0.3 is 4.74 Å². The lowest BCUT2D eigenvalue weighted by Gasteiger charge is -2.26. The van der Waals surface area contributed by atoms with Gasteiger partial charge in [-0.2, -0.15) is 0 Å². The topological polar surface area (TPSA) is 39.9 Å². The van der Waals surface area contributed by atoms with Crippen LogP contribution in [-0.2, 0) is 0 Å². The molecule has 3 rings (SSSR count). The van der Waals surface area contributed by atoms with Crippen molar-refractivity contribution < 1.29 is 4.74 Å². The molecule has 2 atom stereocenters. The van der Waals surface area contributed by atoms with Crippen molar-refractivity contribution in [3.63, 3.8) is 0 Å². The molecular formula is C16H21N3O. The largest absolute Gasteiger partial charge is 0.497 e. The minimum absolute atomic E-state index is 0.505. The molecule has 1 aromatic heterocycles. The predicted octanol–water partition coefficient (Wildman–Crippen LogP) is 3.70. The molecule has 1 aliphatic carbocycles. The molecule has 1 aromatic carbocycles. The summed E-state index contributed by atoms with van der Waals surface area (Å²) in [7, 11) is 1.68. The van der Waals surface area contributed by atoms with E-state index in [2.05, 4.69) is 23.4 Å². The molecule has 2 aromatic rings. The average molecular weight is 271 g/mol. The summed E-state index contributed by atoms with van der Waals surface area (Å²) in [5.74, 6) is 1.64. The summed E-state index contributed by atoms with van der Waals surface area (Å²) in [5.41, 5.74) is 1.97. The highest BCUT2D eigenvalue weighted by Crippen LogP contribution is 2.32. The third-order valence-corrected chi connectivity index (χ3v) is 4.16. The van der Waals surface area contributed by atoms with Crippen LogP contribution in [0.4, 0.5) is 0 Å². The zero-order chi connectivity index (χ0) is 13.9. The SMILES string of the molecule is COc1cccc(-c2cn(C3CCCC(C)C3)nn2)c1. The molecule has 0 aliphatic heterocycles. The number of hydrogen-bond acceptors (Lipinski definition) is 3. The van der Waals surface area contributed by atoms with Crippen LogP contribution in [-0.4, -0.2) is 22.1 Å². The predicted molar refractivity (Wildman–Crippen MR) is 78.7 cm³/mol. The summed E-state index contributed by atoms with van der Waals surface area (Å²) in [4.78, 5) is 0. The van der Waals surface area contributed by atoms with Crippen molar-refractivity contribution in [2.75, 3.05) is 7.11 Å². The Kier molecular flexibility index (Phi) is 3.72. The third kappa shape index (κ3) is 2.69. The number of nitrogens with zero attached hydrogens (tertiary/aromatic N) is 3. The molecule has 0 spiro atoms. The van der Waals surface area contributed by atoms with Gasteiger partial charge in [0, 0.05) is 5.56 Å². The number of hydrogen-bond donors (Lipinski definition) is 0. The maximum absolute atomic E-state index is 5.26. The Morgan fingerprint density at radius 2 is 2.20 bits per heavy atom. The van der Waals surface area contributed by atoms with E-state index in [1.807, 2.05) is 28.9 Å². The Hall–Kier alpha value is -1.84. The Balaban J connectivity index is 1.82. The maximum Gasteiger partial charge on any atom is 0.119 e. The van der Waals surface area contributed by atoms with Crippen LogP contribution >= 0.6 is 0 Å². The van der Waals surface area contributed by atoms with E-state index in [0.29, 0.717) is 6.04 Å². The van der Waals surface area contributed by atoms with Crippen LogP contribution in [0.1, 0.15) is 38.6 Å². The smallest absolute Gasteiger partial charge is 0.119 e. The van der Waals surface area contributed by atoms with Crippen LogP contribution in [0.5, 0.6) is 5.75 Å². The van der Waals surface area contributed by atoms with Gasteiger partial charge >= 0.3 is 0 Å². The van der Waals surface area contributed by atoms with E-state index < -0.39 is 0 Å². The van der Waals surface area contributed by atoms with Gasteiger partial charge in [0.2, 0.25) is 0 Å². The fourth-order valence-corrected chi connectivity index (χ4v) is 3.01. The summed E-state index contributed by atoms with van der Waals surface area (Å²) in [5, 5.41) is 8.65. The standard InChI is InChI=1S/C16H21N3O/c1-12-5-3-7-14(9-12)19-11-16(17-18-19)13-6-4-8-15(10-13)20-2/h4,6,8,10-12,14H,3,5,7,9H2,1-2H3. The molecule has 1 saturated carbocycles. The van der Waals surface area contributed by atoms with Gasteiger partial charge in [-0.25, -0.2) is 4.68 Å². The average Bonchev–Trinajstić information content (AvgIpc) is 2.97. The minimum atomic E-state index is 0.505. The molecule has 2 unspecified atom stereocenters. The lowest BCUT2D eigenvalue weighted by atomic mass is 9.87. The zero-order valence-electron chi connectivity index (χ0n) is 12.1. The number of ether oxygens (including phenoxy) is 1. The molecule has 1 aliphatic rings. The quantitative estimate of drug-likeness (QED) is 0.854. The first-order valence-electron chi connectivity index (χ1n) is 7.32. The van der Waals surface area contributed by atoms with Crippen LogP contribution in [0.3, 0.4) is 0 Å². The van der Waals surface area contributed by atoms with E-state index in [0.717, 1.165) is 22.9 Å². The van der Waals surface area contributed by atoms with E-state index in [4.69, 9.17) is 4.74 Å². The van der Waals surface area contributed by atoms with Crippen LogP contribution < -0.4 is 4.74 Å². The van der Waals surface area contributed by atoms with Gasteiger partial charge in [-0.15, -0.1) is 5.10 Å². The fraction of sp³-hybridized carbons (Fsp3) is 0.500. The van der Waals surface area contributed by atoms with Gasteiger partial charge in [0.25, 0.3) is 0 Å². The highest BCUT2D eigenvalue weighted by Gasteiger charge is 2.21. The molecule has 0 radical (unpaired) electrons. The molecule has 0 N–H and O–H groups in total. The van der Waals surface area contributed by atoms with Crippen molar-refractivity contribution in [3.05, 3.63) is 30.5 Å². The number of aromatic nitrogens is 3. The highest BCUT2D eigenvalue weighted by atomic mass is 16.5. The molecule has 1 heterocycles. The third-order valence-electron chi connectivity index (χ3n) is 4.16. The van der Waals surface area contributed by atoms with Gasteiger partial charge in [0.1, 0.15) is 11.4 Å². The molecule has 4 heteroatoms. The zero-order valence-corrected chi connectivity index (χ0v) is 12.1. The van der Waals surface area contributed by atoms with E-state index in [1.54, 1.807) is 7.11 Å². The van der Waals surface area contributed by atoms with Crippen LogP contribution in [0.25, 0.3) is 11.3 Å². The second-order valence-electron chi connectivity index (χ2n) is 5.74. The van der Waals surface area contributed by atoms with Gasteiger partial charge in [-0.05, 0) is 30.9 Å². The normalized spacial score (nSPS) is 22.7. The molecule has 1 fully saturated rings. The lowest BCUT2D eigenvalue weighted by Crippen LogP contribution is -2.18. The van der Waals surface area contributed by atoms with Crippen LogP contribution in [0, 0.1) is 5.92 Å². The van der Waals surface area contributed by atoms with E-state index in [-0.39, 0.29) is 0 Å². The highest BCUT2D eigenvalue weighted by molar-refractivity contribution is 5.59. The Morgan fingerprint density at radius 1 is 1.30 bits per heavy atom. The van der Waals surface area contributed by atoms with Crippen molar-refractivity contribution in [2.24, 2.45) is 5.92 Å². The van der Waals surface area contributed by atoms with Crippen LogP contribution in [0.15, 0.2) is 30.5 Å². The second kappa shape index (κ2) is 5.65. The Bertz CT molecular complexity index is 579.